The molecule has 5 heteroatoms. The first-order valence-corrected chi connectivity index (χ1v) is 7.29. The third kappa shape index (κ3) is 4.31. The van der Waals surface area contributed by atoms with E-state index in [2.05, 4.69) is 6.58 Å². The first-order chi connectivity index (χ1) is 11.7. The number of carbonyl (C=O) groups excluding carboxylic acids is 2. The van der Waals surface area contributed by atoms with Gasteiger partial charge in [-0.15, -0.1) is 6.58 Å². The average Bonchev–Trinajstić information content (AvgIpc) is 2.64. The Morgan fingerprint density at radius 3 is 2.38 bits per heavy atom. The summed E-state index contributed by atoms with van der Waals surface area (Å²) >= 11 is 0. The van der Waals surface area contributed by atoms with E-state index in [1.54, 1.807) is 18.2 Å². The molecule has 0 saturated carbocycles. The molecule has 0 spiro atoms. The van der Waals surface area contributed by atoms with Crippen molar-refractivity contribution in [3.8, 4) is 6.07 Å². The van der Waals surface area contributed by atoms with Gasteiger partial charge in [0.2, 0.25) is 0 Å². The SMILES string of the molecule is C=CCN(C(=O)COC(=O)c1ccc(C#N)cc1)c1ccccc1. The van der Waals surface area contributed by atoms with Crippen LogP contribution in [0.1, 0.15) is 15.9 Å². The molecule has 24 heavy (non-hydrogen) atoms. The lowest BCUT2D eigenvalue weighted by atomic mass is 10.1. The van der Waals surface area contributed by atoms with Gasteiger partial charge in [-0.1, -0.05) is 24.3 Å². The number of anilines is 1. The maximum atomic E-state index is 12.3. The Labute approximate surface area is 140 Å². The summed E-state index contributed by atoms with van der Waals surface area (Å²) in [5, 5.41) is 8.74. The second-order valence-corrected chi connectivity index (χ2v) is 4.89. The molecule has 0 bridgehead atoms. The number of ether oxygens (including phenoxy) is 1. The summed E-state index contributed by atoms with van der Waals surface area (Å²) in [6.07, 6.45) is 1.60. The van der Waals surface area contributed by atoms with E-state index in [1.165, 1.54) is 29.2 Å². The average molecular weight is 320 g/mol. The Bertz CT molecular complexity index is 761. The Hall–Kier alpha value is -3.39. The summed E-state index contributed by atoms with van der Waals surface area (Å²) in [5.74, 6) is -0.956. The number of carbonyl (C=O) groups is 2. The summed E-state index contributed by atoms with van der Waals surface area (Å²) in [4.78, 5) is 25.8. The lowest BCUT2D eigenvalue weighted by Gasteiger charge is -2.21. The Kier molecular flexibility index (Phi) is 5.87. The highest BCUT2D eigenvalue weighted by Gasteiger charge is 2.17. The van der Waals surface area contributed by atoms with Crippen LogP contribution in [-0.2, 0) is 9.53 Å². The highest BCUT2D eigenvalue weighted by atomic mass is 16.5. The lowest BCUT2D eigenvalue weighted by Crippen LogP contribution is -2.34. The summed E-state index contributed by atoms with van der Waals surface area (Å²) in [5.41, 5.74) is 1.44. The highest BCUT2D eigenvalue weighted by molar-refractivity contribution is 5.97. The van der Waals surface area contributed by atoms with E-state index in [1.807, 2.05) is 24.3 Å². The minimum absolute atomic E-state index is 0.289. The fourth-order valence-corrected chi connectivity index (χ4v) is 2.06. The molecule has 0 aliphatic rings. The van der Waals surface area contributed by atoms with Crippen LogP contribution in [0.15, 0.2) is 67.3 Å². The number of esters is 1. The number of benzene rings is 2. The predicted molar refractivity (Wildman–Crippen MR) is 90.4 cm³/mol. The van der Waals surface area contributed by atoms with Crippen LogP contribution in [0.3, 0.4) is 0 Å². The fourth-order valence-electron chi connectivity index (χ4n) is 2.06. The number of hydrogen-bond acceptors (Lipinski definition) is 4. The number of nitriles is 1. The molecule has 2 aromatic carbocycles. The minimum Gasteiger partial charge on any atom is -0.452 e. The van der Waals surface area contributed by atoms with Crippen molar-refractivity contribution in [2.75, 3.05) is 18.1 Å². The first kappa shape index (κ1) is 17.0. The van der Waals surface area contributed by atoms with Crippen LogP contribution < -0.4 is 4.90 Å². The van der Waals surface area contributed by atoms with Crippen molar-refractivity contribution < 1.29 is 14.3 Å². The molecule has 0 radical (unpaired) electrons. The quantitative estimate of drug-likeness (QED) is 0.606. The third-order valence-electron chi connectivity index (χ3n) is 3.26. The fraction of sp³-hybridized carbons (Fsp3) is 0.105. The maximum absolute atomic E-state index is 12.3. The van der Waals surface area contributed by atoms with Gasteiger partial charge in [-0.05, 0) is 36.4 Å². The molecule has 0 fully saturated rings. The Morgan fingerprint density at radius 1 is 1.12 bits per heavy atom. The van der Waals surface area contributed by atoms with Crippen molar-refractivity contribution in [3.05, 3.63) is 78.4 Å². The van der Waals surface area contributed by atoms with Crippen LogP contribution in [0.5, 0.6) is 0 Å². The van der Waals surface area contributed by atoms with E-state index in [4.69, 9.17) is 10.00 Å². The zero-order chi connectivity index (χ0) is 17.4. The third-order valence-corrected chi connectivity index (χ3v) is 3.26. The van der Waals surface area contributed by atoms with Gasteiger partial charge in [-0.25, -0.2) is 4.79 Å². The largest absolute Gasteiger partial charge is 0.452 e. The zero-order valence-corrected chi connectivity index (χ0v) is 13.0. The molecule has 0 N–H and O–H groups in total. The second kappa shape index (κ2) is 8.30. The van der Waals surface area contributed by atoms with Gasteiger partial charge < -0.3 is 9.64 Å². The lowest BCUT2D eigenvalue weighted by molar-refractivity contribution is -0.121. The van der Waals surface area contributed by atoms with Crippen LogP contribution in [0.4, 0.5) is 5.69 Å². The van der Waals surface area contributed by atoms with E-state index in [-0.39, 0.29) is 18.1 Å². The van der Waals surface area contributed by atoms with E-state index in [9.17, 15) is 9.59 Å². The normalized spacial score (nSPS) is 9.62. The minimum atomic E-state index is -0.612. The first-order valence-electron chi connectivity index (χ1n) is 7.29. The van der Waals surface area contributed by atoms with Crippen LogP contribution in [0, 0.1) is 11.3 Å². The number of rotatable bonds is 6. The summed E-state index contributed by atoms with van der Waals surface area (Å²) < 4.78 is 5.06. The summed E-state index contributed by atoms with van der Waals surface area (Å²) in [6.45, 7) is 3.58. The van der Waals surface area contributed by atoms with E-state index >= 15 is 0 Å². The number of para-hydroxylation sites is 1. The van der Waals surface area contributed by atoms with Gasteiger partial charge in [0.05, 0.1) is 17.2 Å². The van der Waals surface area contributed by atoms with Gasteiger partial charge in [0.1, 0.15) is 0 Å². The number of amides is 1. The molecule has 2 rings (SSSR count). The summed E-state index contributed by atoms with van der Waals surface area (Å²) in [6, 6.07) is 17.1. The van der Waals surface area contributed by atoms with Crippen molar-refractivity contribution in [1.82, 2.24) is 0 Å². The molecule has 2 aromatic rings. The molecule has 5 nitrogen and oxygen atoms in total. The zero-order valence-electron chi connectivity index (χ0n) is 13.0. The molecule has 1 amide bonds. The molecular formula is C19H16N2O3. The molecule has 0 aliphatic carbocycles. The van der Waals surface area contributed by atoms with Crippen molar-refractivity contribution in [2.24, 2.45) is 0 Å². The molecule has 0 aliphatic heterocycles. The van der Waals surface area contributed by atoms with E-state index in [0.717, 1.165) is 0 Å². The molecule has 0 atom stereocenters. The van der Waals surface area contributed by atoms with Crippen molar-refractivity contribution in [1.29, 1.82) is 5.26 Å². The standard InChI is InChI=1S/C19H16N2O3/c1-2-12-21(17-6-4-3-5-7-17)18(22)14-24-19(23)16-10-8-15(13-20)9-11-16/h2-11H,1,12,14H2. The molecule has 0 aromatic heterocycles. The highest BCUT2D eigenvalue weighted by Crippen LogP contribution is 2.14. The summed E-state index contributed by atoms with van der Waals surface area (Å²) in [7, 11) is 0. The number of nitrogens with zero attached hydrogens (tertiary/aromatic N) is 2. The van der Waals surface area contributed by atoms with E-state index in [0.29, 0.717) is 17.8 Å². The van der Waals surface area contributed by atoms with Gasteiger partial charge in [-0.3, -0.25) is 4.79 Å². The van der Waals surface area contributed by atoms with Crippen LogP contribution in [0.2, 0.25) is 0 Å². The Balaban J connectivity index is 2.00. The van der Waals surface area contributed by atoms with Gasteiger partial charge >= 0.3 is 5.97 Å². The predicted octanol–water partition coefficient (Wildman–Crippen LogP) is 2.93. The van der Waals surface area contributed by atoms with E-state index < -0.39 is 5.97 Å². The second-order valence-electron chi connectivity index (χ2n) is 4.89. The van der Waals surface area contributed by atoms with Crippen LogP contribution >= 0.6 is 0 Å². The monoisotopic (exact) mass is 320 g/mol. The van der Waals surface area contributed by atoms with Gasteiger partial charge in [0.25, 0.3) is 5.91 Å². The smallest absolute Gasteiger partial charge is 0.338 e. The molecule has 0 unspecified atom stereocenters. The van der Waals surface area contributed by atoms with Gasteiger partial charge in [-0.2, -0.15) is 5.26 Å². The molecule has 0 heterocycles. The van der Waals surface area contributed by atoms with Gasteiger partial charge in [0.15, 0.2) is 6.61 Å². The van der Waals surface area contributed by atoms with Crippen LogP contribution in [-0.4, -0.2) is 25.0 Å². The van der Waals surface area contributed by atoms with Gasteiger partial charge in [0, 0.05) is 12.2 Å². The van der Waals surface area contributed by atoms with Crippen molar-refractivity contribution in [3.63, 3.8) is 0 Å². The number of hydrogen-bond donors (Lipinski definition) is 0. The molecular weight excluding hydrogens is 304 g/mol. The molecule has 120 valence electrons. The van der Waals surface area contributed by atoms with Crippen molar-refractivity contribution in [2.45, 2.75) is 0 Å². The Morgan fingerprint density at radius 2 is 1.79 bits per heavy atom. The molecule has 0 saturated heterocycles. The van der Waals surface area contributed by atoms with Crippen LogP contribution in [0.25, 0.3) is 0 Å². The maximum Gasteiger partial charge on any atom is 0.338 e. The topological polar surface area (TPSA) is 70.4 Å². The van der Waals surface area contributed by atoms with Crippen molar-refractivity contribution >= 4 is 17.6 Å².